The first kappa shape index (κ1) is 22.2. The normalized spacial score (nSPS) is 31.8. The Hall–Kier alpha value is -2.07. The molecule has 0 bridgehead atoms. The molecule has 0 aromatic heterocycles. The second-order valence-electron chi connectivity index (χ2n) is 11.4. The lowest BCUT2D eigenvalue weighted by Crippen LogP contribution is -2.53. The van der Waals surface area contributed by atoms with Crippen LogP contribution in [-0.2, 0) is 0 Å². The molecule has 2 atom stereocenters. The Morgan fingerprint density at radius 3 is 2.60 bits per heavy atom. The molecule has 0 radical (unpaired) electrons. The van der Waals surface area contributed by atoms with Crippen LogP contribution in [0, 0.1) is 5.92 Å². The summed E-state index contributed by atoms with van der Waals surface area (Å²) in [4.78, 5) is 16.4. The fourth-order valence-corrected chi connectivity index (χ4v) is 8.46. The molecule has 0 unspecified atom stereocenters. The van der Waals surface area contributed by atoms with Gasteiger partial charge in [-0.3, -0.25) is 9.98 Å². The predicted molar refractivity (Wildman–Crippen MR) is 147 cm³/mol. The molecule has 1 aromatic rings. The molecule has 2 saturated carbocycles. The van der Waals surface area contributed by atoms with Crippen LogP contribution < -0.4 is 0 Å². The first-order valence-corrected chi connectivity index (χ1v) is 15.0. The molecule has 2 aliphatic heterocycles. The molecule has 4 aliphatic carbocycles. The molecule has 35 heavy (non-hydrogen) atoms. The van der Waals surface area contributed by atoms with E-state index in [2.05, 4.69) is 47.4 Å². The Morgan fingerprint density at radius 2 is 1.71 bits per heavy atom. The fraction of sp³-hybridized carbons (Fsp3) is 0.548. The van der Waals surface area contributed by atoms with Gasteiger partial charge in [0.15, 0.2) is 0 Å². The van der Waals surface area contributed by atoms with E-state index in [-0.39, 0.29) is 5.66 Å². The second kappa shape index (κ2) is 9.10. The molecule has 7 rings (SSSR count). The van der Waals surface area contributed by atoms with Gasteiger partial charge in [-0.1, -0.05) is 61.2 Å². The number of fused-ring (bicyclic) bond motifs is 3. The van der Waals surface area contributed by atoms with Crippen molar-refractivity contribution in [2.45, 2.75) is 106 Å². The number of nitrogens with zero attached hydrogens (tertiary/aromatic N) is 3. The molecule has 1 aromatic carbocycles. The lowest BCUT2D eigenvalue weighted by atomic mass is 9.70. The van der Waals surface area contributed by atoms with Crippen molar-refractivity contribution in [1.29, 1.82) is 0 Å². The van der Waals surface area contributed by atoms with Crippen LogP contribution in [0.25, 0.3) is 0 Å². The van der Waals surface area contributed by atoms with Crippen molar-refractivity contribution in [1.82, 2.24) is 4.90 Å². The maximum absolute atomic E-state index is 5.65. The Bertz CT molecular complexity index is 1150. The highest BCUT2D eigenvalue weighted by molar-refractivity contribution is 8.04. The van der Waals surface area contributed by atoms with Crippen molar-refractivity contribution >= 4 is 23.2 Å². The van der Waals surface area contributed by atoms with Gasteiger partial charge in [-0.05, 0) is 88.5 Å². The summed E-state index contributed by atoms with van der Waals surface area (Å²) >= 11 is 1.87. The van der Waals surface area contributed by atoms with Gasteiger partial charge in [0.1, 0.15) is 5.66 Å². The summed E-state index contributed by atoms with van der Waals surface area (Å²) in [5, 5.41) is 0. The molecule has 4 heteroatoms. The van der Waals surface area contributed by atoms with E-state index in [4.69, 9.17) is 9.98 Å². The summed E-state index contributed by atoms with van der Waals surface area (Å²) < 4.78 is 0. The zero-order valence-corrected chi connectivity index (χ0v) is 21.7. The second-order valence-corrected chi connectivity index (χ2v) is 12.5. The molecule has 0 amide bonds. The lowest BCUT2D eigenvalue weighted by Gasteiger charge is -2.52. The van der Waals surface area contributed by atoms with Crippen molar-refractivity contribution in [2.75, 3.05) is 0 Å². The largest absolute Gasteiger partial charge is 0.318 e. The van der Waals surface area contributed by atoms with E-state index in [1.165, 1.54) is 117 Å². The van der Waals surface area contributed by atoms with Crippen LogP contribution in [0.2, 0.25) is 0 Å². The van der Waals surface area contributed by atoms with Crippen molar-refractivity contribution in [2.24, 2.45) is 15.9 Å². The van der Waals surface area contributed by atoms with E-state index in [9.17, 15) is 0 Å². The highest BCUT2D eigenvalue weighted by Crippen LogP contribution is 2.56. The zero-order valence-electron chi connectivity index (χ0n) is 20.8. The van der Waals surface area contributed by atoms with Gasteiger partial charge in [-0.15, -0.1) is 0 Å². The molecule has 182 valence electrons. The number of rotatable bonds is 3. The number of hydrogen-bond donors (Lipinski definition) is 0. The summed E-state index contributed by atoms with van der Waals surface area (Å²) in [5.41, 5.74) is 7.12. The number of aliphatic imine (C=N–C) groups is 2. The minimum Gasteiger partial charge on any atom is -0.318 e. The van der Waals surface area contributed by atoms with Crippen LogP contribution >= 0.6 is 11.8 Å². The average molecular weight is 484 g/mol. The topological polar surface area (TPSA) is 28.0 Å². The van der Waals surface area contributed by atoms with Crippen molar-refractivity contribution in [3.63, 3.8) is 0 Å². The van der Waals surface area contributed by atoms with Crippen molar-refractivity contribution in [3.05, 3.63) is 64.4 Å². The SMILES string of the molecule is C1=C(Sc2ccccc2)C(=NC2CCCCC2)C=C2C1=N[C@@]13CCCC[C@H]1CC1=C(CCCC1)N23. The van der Waals surface area contributed by atoms with Crippen molar-refractivity contribution < 1.29 is 0 Å². The van der Waals surface area contributed by atoms with Gasteiger partial charge in [0.25, 0.3) is 0 Å². The van der Waals surface area contributed by atoms with Gasteiger partial charge in [0.2, 0.25) is 0 Å². The molecular formula is C31H37N3S. The summed E-state index contributed by atoms with van der Waals surface area (Å²) in [6.07, 6.45) is 23.1. The van der Waals surface area contributed by atoms with E-state index in [0.29, 0.717) is 12.0 Å². The van der Waals surface area contributed by atoms with Gasteiger partial charge >= 0.3 is 0 Å². The molecule has 0 saturated heterocycles. The monoisotopic (exact) mass is 483 g/mol. The Balaban J connectivity index is 1.34. The number of allylic oxidation sites excluding steroid dienone is 5. The van der Waals surface area contributed by atoms with Crippen LogP contribution in [0.1, 0.15) is 89.9 Å². The maximum atomic E-state index is 5.65. The lowest BCUT2D eigenvalue weighted by molar-refractivity contribution is 0.0498. The molecular weight excluding hydrogens is 446 g/mol. The van der Waals surface area contributed by atoms with Crippen LogP contribution in [-0.4, -0.2) is 28.0 Å². The summed E-state index contributed by atoms with van der Waals surface area (Å²) in [7, 11) is 0. The third-order valence-corrected chi connectivity index (χ3v) is 10.2. The number of thioether (sulfide) groups is 1. The van der Waals surface area contributed by atoms with Crippen LogP contribution in [0.4, 0.5) is 0 Å². The van der Waals surface area contributed by atoms with Crippen LogP contribution in [0.15, 0.2) is 79.2 Å². The van der Waals surface area contributed by atoms with Crippen molar-refractivity contribution in [3.8, 4) is 0 Å². The van der Waals surface area contributed by atoms with Gasteiger partial charge in [-0.25, -0.2) is 0 Å². The summed E-state index contributed by atoms with van der Waals surface area (Å²) in [6, 6.07) is 11.3. The third kappa shape index (κ3) is 3.87. The van der Waals surface area contributed by atoms with E-state index < -0.39 is 0 Å². The predicted octanol–water partition coefficient (Wildman–Crippen LogP) is 8.21. The van der Waals surface area contributed by atoms with E-state index in [0.717, 1.165) is 0 Å². The molecule has 1 spiro atoms. The fourth-order valence-electron chi connectivity index (χ4n) is 7.52. The molecule has 6 aliphatic rings. The quantitative estimate of drug-likeness (QED) is 0.405. The Labute approximate surface area is 214 Å². The number of hydrogen-bond acceptors (Lipinski definition) is 4. The van der Waals surface area contributed by atoms with Gasteiger partial charge in [0.05, 0.1) is 23.2 Å². The summed E-state index contributed by atoms with van der Waals surface area (Å²) in [5.74, 6) is 0.671. The highest BCUT2D eigenvalue weighted by Gasteiger charge is 2.55. The van der Waals surface area contributed by atoms with Crippen LogP contribution in [0.3, 0.4) is 0 Å². The maximum Gasteiger partial charge on any atom is 0.139 e. The number of benzene rings is 1. The Kier molecular flexibility index (Phi) is 5.76. The minimum atomic E-state index is -0.0328. The third-order valence-electron chi connectivity index (χ3n) is 9.18. The zero-order chi connectivity index (χ0) is 23.2. The van der Waals surface area contributed by atoms with Crippen LogP contribution in [0.5, 0.6) is 0 Å². The van der Waals surface area contributed by atoms with Gasteiger partial charge < -0.3 is 4.90 Å². The first-order chi connectivity index (χ1) is 17.3. The molecule has 3 nitrogen and oxygen atoms in total. The molecule has 2 fully saturated rings. The van der Waals surface area contributed by atoms with Gasteiger partial charge in [0, 0.05) is 21.4 Å². The minimum absolute atomic E-state index is 0.0328. The van der Waals surface area contributed by atoms with E-state index in [1.807, 2.05) is 11.8 Å². The highest BCUT2D eigenvalue weighted by atomic mass is 32.2. The molecule has 0 N–H and O–H groups in total. The molecule has 2 heterocycles. The average Bonchev–Trinajstić information content (AvgIpc) is 3.22. The standard InChI is InChI=1S/C31H37N3S/c1-3-13-24(14-4-1)32-27-20-29-26(21-30(27)35-25-15-5-2-6-16-25)33-31-18-10-9-12-23(31)19-22-11-7-8-17-28(22)34(29)31/h2,5-6,15-16,20-21,23-24H,1,3-4,7-14,17-19H2/t23-,31+/m0/s1. The van der Waals surface area contributed by atoms with Gasteiger partial charge in [-0.2, -0.15) is 0 Å². The Morgan fingerprint density at radius 1 is 0.886 bits per heavy atom. The van der Waals surface area contributed by atoms with E-state index in [1.54, 1.807) is 11.3 Å². The summed E-state index contributed by atoms with van der Waals surface area (Å²) in [6.45, 7) is 0. The first-order valence-electron chi connectivity index (χ1n) is 14.2. The smallest absolute Gasteiger partial charge is 0.139 e. The van der Waals surface area contributed by atoms with E-state index >= 15 is 0 Å².